The Hall–Kier alpha value is -6.73. The second-order valence-corrected chi connectivity index (χ2v) is 25.2. The van der Waals surface area contributed by atoms with Gasteiger partial charge in [0.15, 0.2) is 5.75 Å². The fourth-order valence-corrected chi connectivity index (χ4v) is 14.1. The number of nitrogens with zero attached hydrogens (tertiary/aromatic N) is 5. The Kier molecular flexibility index (Phi) is 14.9. The summed E-state index contributed by atoms with van der Waals surface area (Å²) >= 11 is 0. The molecule has 3 aromatic carbocycles. The number of aliphatic hydroxyl groups is 1. The fourth-order valence-electron chi connectivity index (χ4n) is 13.1. The maximum Gasteiger partial charge on any atom is 0.268 e. The Morgan fingerprint density at radius 3 is 2.47 bits per heavy atom. The van der Waals surface area contributed by atoms with Crippen LogP contribution in [0.2, 0.25) is 0 Å². The number of sulfonamides is 1. The number of carbonyl (C=O) groups excluding carboxylic acids is 1. The van der Waals surface area contributed by atoms with E-state index in [4.69, 9.17) is 19.9 Å². The van der Waals surface area contributed by atoms with E-state index in [9.17, 15) is 22.7 Å². The predicted molar refractivity (Wildman–Crippen MR) is 306 cm³/mol. The standard InChI is InChI=1S/C61H74FN9O7S/c1-37(2)44-9-7-8-10-45(44)52-36-69(35-40-11-14-53(76-5)48-26-38(3)25-47(40)48)23-24-71(52)42-30-61(31-42)19-21-70(22-20-61)41-12-13-46(54(27-41)78-55-29-49-50(62)34-66-56(49)67-59(55)77-6)58(72)68-79(74,75)43-28-51(63)57(65-33-43)64-32-39-15-17-60(4,73)18-16-39/h7-14,25,27-29,33-34,37,39,42,52,73H,15-24,26,30-32,35-36,63H2,1-6H3,(H,64,65)(H,66,67)(H,68,72). The number of piperidine rings is 1. The van der Waals surface area contributed by atoms with Gasteiger partial charge < -0.3 is 40.3 Å². The van der Waals surface area contributed by atoms with Crippen LogP contribution in [0.25, 0.3) is 17.1 Å². The average molecular weight is 1100 g/mol. The van der Waals surface area contributed by atoms with Crippen LogP contribution in [0.4, 0.5) is 21.6 Å². The summed E-state index contributed by atoms with van der Waals surface area (Å²) in [6.07, 6.45) is 12.9. The van der Waals surface area contributed by atoms with Crippen LogP contribution in [0.15, 0.2) is 89.6 Å². The van der Waals surface area contributed by atoms with Crippen LogP contribution < -0.4 is 34.9 Å². The van der Waals surface area contributed by atoms with Crippen molar-refractivity contribution in [2.24, 2.45) is 11.3 Å². The number of rotatable bonds is 16. The Morgan fingerprint density at radius 2 is 1.73 bits per heavy atom. The summed E-state index contributed by atoms with van der Waals surface area (Å²) in [6, 6.07) is 21.9. The van der Waals surface area contributed by atoms with Crippen molar-refractivity contribution in [1.82, 2.24) is 29.5 Å². The van der Waals surface area contributed by atoms with Crippen molar-refractivity contribution in [2.75, 3.05) is 69.4 Å². The van der Waals surface area contributed by atoms with E-state index in [1.165, 1.54) is 58.8 Å². The first-order valence-corrected chi connectivity index (χ1v) is 29.4. The van der Waals surface area contributed by atoms with Crippen LogP contribution in [-0.2, 0) is 23.0 Å². The molecule has 5 aliphatic rings. The molecule has 3 aliphatic carbocycles. The number of nitrogen functional groups attached to an aromatic ring is 1. The monoisotopic (exact) mass is 1100 g/mol. The minimum Gasteiger partial charge on any atom is -0.496 e. The maximum absolute atomic E-state index is 15.0. The molecule has 1 atom stereocenters. The zero-order valence-corrected chi connectivity index (χ0v) is 47.0. The lowest BCUT2D eigenvalue weighted by molar-refractivity contribution is -0.0628. The number of halogens is 1. The summed E-state index contributed by atoms with van der Waals surface area (Å²) in [7, 11) is -1.32. The van der Waals surface area contributed by atoms with Crippen LogP contribution in [0.1, 0.15) is 129 Å². The second-order valence-electron chi connectivity index (χ2n) is 23.5. The normalized spacial score (nSPS) is 21.7. The van der Waals surface area contributed by atoms with E-state index < -0.39 is 27.3 Å². The first kappa shape index (κ1) is 54.2. The molecule has 5 heterocycles. The molecule has 1 spiro atoms. The zero-order chi connectivity index (χ0) is 55.4. The van der Waals surface area contributed by atoms with Crippen LogP contribution >= 0.6 is 0 Å². The summed E-state index contributed by atoms with van der Waals surface area (Å²) in [4.78, 5) is 33.2. The van der Waals surface area contributed by atoms with Gasteiger partial charge in [0.1, 0.15) is 33.7 Å². The second kappa shape index (κ2) is 21.7. The fraction of sp³-hybridized carbons (Fsp3) is 0.459. The van der Waals surface area contributed by atoms with E-state index in [1.54, 1.807) is 19.2 Å². The van der Waals surface area contributed by atoms with E-state index >= 15 is 0 Å². The molecule has 4 fully saturated rings. The number of nitrogens with two attached hydrogens (primary N) is 1. The summed E-state index contributed by atoms with van der Waals surface area (Å²) in [5.74, 6) is 0.592. The van der Waals surface area contributed by atoms with Crippen molar-refractivity contribution in [3.8, 4) is 23.1 Å². The van der Waals surface area contributed by atoms with Crippen molar-refractivity contribution in [3.05, 3.63) is 124 Å². The molecule has 1 unspecified atom stereocenters. The van der Waals surface area contributed by atoms with Gasteiger partial charge in [-0.05, 0) is 135 Å². The molecule has 0 radical (unpaired) electrons. The van der Waals surface area contributed by atoms with E-state index in [1.807, 2.05) is 13.0 Å². The van der Waals surface area contributed by atoms with Crippen LogP contribution in [0.3, 0.4) is 0 Å². The van der Waals surface area contributed by atoms with E-state index in [-0.39, 0.29) is 56.0 Å². The van der Waals surface area contributed by atoms with Crippen LogP contribution in [0, 0.1) is 17.2 Å². The molecule has 79 heavy (non-hydrogen) atoms. The number of benzene rings is 3. The summed E-state index contributed by atoms with van der Waals surface area (Å²) in [5, 5.41) is 13.7. The first-order chi connectivity index (χ1) is 37.9. The average Bonchev–Trinajstić information content (AvgIpc) is 4.03. The highest BCUT2D eigenvalue weighted by Gasteiger charge is 2.50. The smallest absolute Gasteiger partial charge is 0.268 e. The van der Waals surface area contributed by atoms with Crippen LogP contribution in [0.5, 0.6) is 23.1 Å². The molecule has 2 saturated carbocycles. The number of hydrogen-bond acceptors (Lipinski definition) is 14. The third-order valence-corrected chi connectivity index (χ3v) is 19.0. The van der Waals surface area contributed by atoms with Gasteiger partial charge in [-0.3, -0.25) is 14.6 Å². The van der Waals surface area contributed by atoms with Gasteiger partial charge in [-0.1, -0.05) is 55.8 Å². The molecular formula is C61H74FN9O7S. The minimum atomic E-state index is -4.49. The molecule has 18 heteroatoms. The zero-order valence-electron chi connectivity index (χ0n) is 46.2. The number of nitrogens with one attached hydrogen (secondary N) is 3. The SMILES string of the molecule is COc1ccc(CN2CCN(C3CC4(CCN(c5ccc(C(=O)NS(=O)(=O)c6cnc(NCC7CCC(C)(O)CC7)c(N)c6)c(Oc6cc7c(F)c[nH]c7nc6OC)c5)CC4)C3)C(c3ccccc3C(C)C)C2)c2c1CC(C)=C2. The molecular weight excluding hydrogens is 1020 g/mol. The molecule has 2 aliphatic heterocycles. The molecule has 11 rings (SSSR count). The molecule has 418 valence electrons. The number of allylic oxidation sites excluding steroid dienone is 1. The summed E-state index contributed by atoms with van der Waals surface area (Å²) in [6.45, 7) is 14.6. The highest BCUT2D eigenvalue weighted by Crippen LogP contribution is 2.54. The molecule has 6 N–H and O–H groups in total. The highest BCUT2D eigenvalue weighted by atomic mass is 32.2. The molecule has 0 bridgehead atoms. The molecule has 6 aromatic rings. The first-order valence-electron chi connectivity index (χ1n) is 27.9. The number of aromatic amines is 1. The molecule has 2 saturated heterocycles. The molecule has 1 amide bonds. The number of anilines is 3. The number of H-pyrrole nitrogens is 1. The maximum atomic E-state index is 15.0. The highest BCUT2D eigenvalue weighted by molar-refractivity contribution is 7.90. The lowest BCUT2D eigenvalue weighted by Gasteiger charge is -2.58. The van der Waals surface area contributed by atoms with Gasteiger partial charge in [-0.15, -0.1) is 0 Å². The van der Waals surface area contributed by atoms with Gasteiger partial charge in [0.25, 0.3) is 21.8 Å². The van der Waals surface area contributed by atoms with Crippen molar-refractivity contribution < 1.29 is 36.9 Å². The van der Waals surface area contributed by atoms with Gasteiger partial charge in [-0.25, -0.2) is 22.5 Å². The summed E-state index contributed by atoms with van der Waals surface area (Å²) < 4.78 is 62.7. The van der Waals surface area contributed by atoms with E-state index in [0.29, 0.717) is 43.1 Å². The number of piperazine rings is 1. The lowest BCUT2D eigenvalue weighted by atomic mass is 9.59. The minimum absolute atomic E-state index is 0.0285. The van der Waals surface area contributed by atoms with Gasteiger partial charge in [0.05, 0.1) is 36.5 Å². The largest absolute Gasteiger partial charge is 0.496 e. The Morgan fingerprint density at radius 1 is 0.962 bits per heavy atom. The topological polar surface area (TPSA) is 200 Å². The quantitative estimate of drug-likeness (QED) is 0.0613. The van der Waals surface area contributed by atoms with E-state index in [0.717, 1.165) is 102 Å². The number of aromatic nitrogens is 3. The molecule has 3 aromatic heterocycles. The number of fused-ring (bicyclic) bond motifs is 2. The molecule has 16 nitrogen and oxygen atoms in total. The number of pyridine rings is 2. The Bertz CT molecular complexity index is 3410. The predicted octanol–water partition coefficient (Wildman–Crippen LogP) is 10.4. The Labute approximate surface area is 463 Å². The van der Waals surface area contributed by atoms with Crippen molar-refractivity contribution in [1.29, 1.82) is 0 Å². The summed E-state index contributed by atoms with van der Waals surface area (Å²) in [5.41, 5.74) is 15.1. The Balaban J connectivity index is 0.794. The van der Waals surface area contributed by atoms with Gasteiger partial charge >= 0.3 is 0 Å². The van der Waals surface area contributed by atoms with Gasteiger partial charge in [0, 0.05) is 93.7 Å². The van der Waals surface area contributed by atoms with Gasteiger partial charge in [-0.2, -0.15) is 4.98 Å². The third kappa shape index (κ3) is 11.1. The third-order valence-electron chi connectivity index (χ3n) is 17.7. The number of carbonyl (C=O) groups is 1. The van der Waals surface area contributed by atoms with Gasteiger partial charge in [0.2, 0.25) is 0 Å². The number of amides is 1. The number of methoxy groups -OCH3 is 2. The van der Waals surface area contributed by atoms with Crippen molar-refractivity contribution >= 4 is 50.2 Å². The van der Waals surface area contributed by atoms with Crippen LogP contribution in [-0.4, -0.2) is 109 Å². The van der Waals surface area contributed by atoms with Crippen molar-refractivity contribution in [3.63, 3.8) is 0 Å². The number of hydrogen-bond donors (Lipinski definition) is 5. The van der Waals surface area contributed by atoms with Crippen molar-refractivity contribution in [2.45, 2.75) is 121 Å². The van der Waals surface area contributed by atoms with E-state index in [2.05, 4.69) is 103 Å². The number of ether oxygens (including phenoxy) is 3. The lowest BCUT2D eigenvalue weighted by Crippen LogP contribution is -2.60.